The molecule has 0 fully saturated rings. The van der Waals surface area contributed by atoms with Crippen molar-refractivity contribution in [2.24, 2.45) is 5.73 Å². The van der Waals surface area contributed by atoms with E-state index in [0.29, 0.717) is 0 Å². The van der Waals surface area contributed by atoms with E-state index in [9.17, 15) is 4.79 Å². The van der Waals surface area contributed by atoms with Gasteiger partial charge in [0.15, 0.2) is 0 Å². The number of rotatable bonds is 18. The fraction of sp³-hybridized carbons (Fsp3) is 0.667. The highest BCUT2D eigenvalue weighted by atomic mass is 16.1. The van der Waals surface area contributed by atoms with E-state index in [2.05, 4.69) is 6.92 Å². The van der Waals surface area contributed by atoms with Gasteiger partial charge in [-0.1, -0.05) is 140 Å². The molecule has 29 heavy (non-hydrogen) atoms. The summed E-state index contributed by atoms with van der Waals surface area (Å²) in [5.74, 6) is 0. The molecule has 2 N–H and O–H groups in total. The molecule has 0 saturated carbocycles. The zero-order valence-electron chi connectivity index (χ0n) is 19.1. The molecule has 0 unspecified atom stereocenters. The summed E-state index contributed by atoms with van der Waals surface area (Å²) in [6.45, 7) is 3.16. The molecule has 0 aliphatic carbocycles. The molecular formula is C27H47NO. The third-order valence-electron chi connectivity index (χ3n) is 5.22. The van der Waals surface area contributed by atoms with Crippen molar-refractivity contribution in [3.05, 3.63) is 42.0 Å². The second-order valence-electron chi connectivity index (χ2n) is 8.00. The van der Waals surface area contributed by atoms with Crippen molar-refractivity contribution in [3.8, 4) is 0 Å². The molecule has 0 bridgehead atoms. The molecule has 0 aliphatic rings. The fourth-order valence-electron chi connectivity index (χ4n) is 3.41. The lowest BCUT2D eigenvalue weighted by atomic mass is 10.0. The van der Waals surface area contributed by atoms with E-state index in [1.54, 1.807) is 6.08 Å². The van der Waals surface area contributed by atoms with Crippen molar-refractivity contribution < 1.29 is 4.79 Å². The minimum Gasteiger partial charge on any atom is -0.330 e. The van der Waals surface area contributed by atoms with E-state index >= 15 is 0 Å². The maximum atomic E-state index is 9.89. The number of carbonyl (C=O) groups is 1. The Hall–Kier alpha value is -1.41. The average molecular weight is 402 g/mol. The van der Waals surface area contributed by atoms with Crippen LogP contribution >= 0.6 is 0 Å². The summed E-state index contributed by atoms with van der Waals surface area (Å²) in [6.07, 6.45) is 26.9. The third-order valence-corrected chi connectivity index (χ3v) is 5.22. The van der Waals surface area contributed by atoms with Crippen LogP contribution in [-0.2, 0) is 4.79 Å². The first-order valence-corrected chi connectivity index (χ1v) is 12.2. The van der Waals surface area contributed by atoms with E-state index in [0.717, 1.165) is 18.4 Å². The van der Waals surface area contributed by atoms with E-state index < -0.39 is 0 Å². The van der Waals surface area contributed by atoms with Crippen LogP contribution in [0.25, 0.3) is 6.08 Å². The Balaban J connectivity index is 0.000000651. The Labute approximate surface area is 181 Å². The molecule has 0 radical (unpaired) electrons. The summed E-state index contributed by atoms with van der Waals surface area (Å²) in [7, 11) is 0. The number of unbranched alkanes of at least 4 members (excludes halogenated alkanes) is 15. The quantitative estimate of drug-likeness (QED) is 0.153. The van der Waals surface area contributed by atoms with Gasteiger partial charge in [0.1, 0.15) is 6.29 Å². The van der Waals surface area contributed by atoms with Crippen LogP contribution in [0.15, 0.2) is 36.4 Å². The van der Waals surface area contributed by atoms with Gasteiger partial charge in [-0.15, -0.1) is 0 Å². The zero-order chi connectivity index (χ0) is 21.3. The van der Waals surface area contributed by atoms with Crippen LogP contribution in [0, 0.1) is 0 Å². The van der Waals surface area contributed by atoms with Gasteiger partial charge in [0.05, 0.1) is 0 Å². The number of hydrogen-bond donors (Lipinski definition) is 1. The van der Waals surface area contributed by atoms with Gasteiger partial charge < -0.3 is 5.73 Å². The lowest BCUT2D eigenvalue weighted by Gasteiger charge is -2.03. The Kier molecular flexibility index (Phi) is 23.4. The molecule has 166 valence electrons. The van der Waals surface area contributed by atoms with Crippen LogP contribution in [0.4, 0.5) is 0 Å². The Bertz CT molecular complexity index is 439. The predicted molar refractivity (Wildman–Crippen MR) is 130 cm³/mol. The third kappa shape index (κ3) is 22.7. The molecule has 1 rings (SSSR count). The summed E-state index contributed by atoms with van der Waals surface area (Å²) in [6, 6.07) is 9.70. The Morgan fingerprint density at radius 3 is 1.45 bits per heavy atom. The highest BCUT2D eigenvalue weighted by Crippen LogP contribution is 2.13. The first kappa shape index (κ1) is 27.6. The number of hydrogen-bond acceptors (Lipinski definition) is 2. The van der Waals surface area contributed by atoms with Gasteiger partial charge in [-0.3, -0.25) is 4.79 Å². The van der Waals surface area contributed by atoms with Crippen molar-refractivity contribution >= 4 is 12.4 Å². The molecule has 0 saturated heterocycles. The minimum absolute atomic E-state index is 0.771. The summed E-state index contributed by atoms with van der Waals surface area (Å²) in [5, 5.41) is 0. The lowest BCUT2D eigenvalue weighted by molar-refractivity contribution is -0.104. The minimum atomic E-state index is 0.771. The first-order chi connectivity index (χ1) is 14.3. The first-order valence-electron chi connectivity index (χ1n) is 12.2. The van der Waals surface area contributed by atoms with Gasteiger partial charge in [-0.2, -0.15) is 0 Å². The van der Waals surface area contributed by atoms with Gasteiger partial charge in [0.2, 0.25) is 0 Å². The number of allylic oxidation sites excluding steroid dienone is 1. The molecule has 0 aliphatic heterocycles. The van der Waals surface area contributed by atoms with Gasteiger partial charge >= 0.3 is 0 Å². The number of carbonyl (C=O) groups excluding carboxylic acids is 1. The normalized spacial score (nSPS) is 10.7. The number of benzene rings is 1. The van der Waals surface area contributed by atoms with Crippen molar-refractivity contribution in [1.82, 2.24) is 0 Å². The van der Waals surface area contributed by atoms with E-state index in [1.165, 1.54) is 109 Å². The maximum absolute atomic E-state index is 9.89. The monoisotopic (exact) mass is 401 g/mol. The summed E-state index contributed by atoms with van der Waals surface area (Å²) >= 11 is 0. The SMILES string of the molecule is CCCCCCCCCCCCCCCCCCN.O=CC=Cc1ccccc1. The maximum Gasteiger partial charge on any atom is 0.142 e. The van der Waals surface area contributed by atoms with Gasteiger partial charge in [-0.05, 0) is 24.6 Å². The molecule has 0 atom stereocenters. The molecule has 2 nitrogen and oxygen atoms in total. The second-order valence-corrected chi connectivity index (χ2v) is 8.00. The molecule has 0 aromatic heterocycles. The standard InChI is InChI=1S/C18H39N.C9H8O/c1-2-3-4-5-6-7-8-9-10-11-12-13-14-15-16-17-18-19;10-8-4-7-9-5-2-1-3-6-9/h2-19H2,1H3;1-8H. The molecule has 1 aromatic rings. The smallest absolute Gasteiger partial charge is 0.142 e. The second kappa shape index (κ2) is 24.6. The van der Waals surface area contributed by atoms with Crippen molar-refractivity contribution in [2.75, 3.05) is 6.54 Å². The van der Waals surface area contributed by atoms with Crippen molar-refractivity contribution in [3.63, 3.8) is 0 Å². The van der Waals surface area contributed by atoms with E-state index in [4.69, 9.17) is 5.73 Å². The van der Waals surface area contributed by atoms with Crippen LogP contribution in [0.5, 0.6) is 0 Å². The predicted octanol–water partition coefficient (Wildman–Crippen LogP) is 8.11. The van der Waals surface area contributed by atoms with Gasteiger partial charge in [0, 0.05) is 0 Å². The summed E-state index contributed by atoms with van der Waals surface area (Å²) in [4.78, 5) is 9.89. The highest BCUT2D eigenvalue weighted by Gasteiger charge is 1.94. The molecule has 0 spiro atoms. The zero-order valence-corrected chi connectivity index (χ0v) is 19.1. The molecule has 2 heteroatoms. The van der Waals surface area contributed by atoms with Crippen LogP contribution in [-0.4, -0.2) is 12.8 Å². The molecular weight excluding hydrogens is 354 g/mol. The lowest BCUT2D eigenvalue weighted by Crippen LogP contribution is -1.97. The van der Waals surface area contributed by atoms with Gasteiger partial charge in [0.25, 0.3) is 0 Å². The van der Waals surface area contributed by atoms with Crippen LogP contribution in [0.3, 0.4) is 0 Å². The summed E-state index contributed by atoms with van der Waals surface area (Å²) in [5.41, 5.74) is 6.53. The Morgan fingerprint density at radius 2 is 1.07 bits per heavy atom. The van der Waals surface area contributed by atoms with Crippen LogP contribution in [0.2, 0.25) is 0 Å². The van der Waals surface area contributed by atoms with E-state index in [1.807, 2.05) is 30.3 Å². The fourth-order valence-corrected chi connectivity index (χ4v) is 3.41. The van der Waals surface area contributed by atoms with Gasteiger partial charge in [-0.25, -0.2) is 0 Å². The average Bonchev–Trinajstić information content (AvgIpc) is 2.76. The molecule has 0 amide bonds. The van der Waals surface area contributed by atoms with E-state index in [-0.39, 0.29) is 0 Å². The van der Waals surface area contributed by atoms with Crippen LogP contribution < -0.4 is 5.73 Å². The molecule has 1 aromatic carbocycles. The summed E-state index contributed by atoms with van der Waals surface area (Å²) < 4.78 is 0. The number of aldehydes is 1. The topological polar surface area (TPSA) is 43.1 Å². The highest BCUT2D eigenvalue weighted by molar-refractivity contribution is 5.73. The van der Waals surface area contributed by atoms with Crippen molar-refractivity contribution in [2.45, 2.75) is 110 Å². The van der Waals surface area contributed by atoms with Crippen LogP contribution in [0.1, 0.15) is 115 Å². The van der Waals surface area contributed by atoms with Crippen molar-refractivity contribution in [1.29, 1.82) is 0 Å². The number of nitrogens with two attached hydrogens (primary N) is 1. The Morgan fingerprint density at radius 1 is 0.655 bits per heavy atom. The largest absolute Gasteiger partial charge is 0.330 e. The molecule has 0 heterocycles.